The molecule has 0 radical (unpaired) electrons. The first-order valence-electron chi connectivity index (χ1n) is 12.6. The maximum Gasteiger partial charge on any atom is 0.306 e. The van der Waals surface area contributed by atoms with Gasteiger partial charge in [-0.15, -0.1) is 0 Å². The van der Waals surface area contributed by atoms with Gasteiger partial charge in [-0.3, -0.25) is 9.59 Å². The molecular formula is C28H35Cl2NO6S. The van der Waals surface area contributed by atoms with E-state index in [0.717, 1.165) is 0 Å². The number of rotatable bonds is 9. The minimum Gasteiger partial charge on any atom is -0.481 e. The molecule has 2 aromatic carbocycles. The lowest BCUT2D eigenvalue weighted by Gasteiger charge is -2.52. The predicted octanol–water partition coefficient (Wildman–Crippen LogP) is 6.25. The number of amides is 1. The summed E-state index contributed by atoms with van der Waals surface area (Å²) in [6.45, 7) is 8.40. The molecule has 0 bridgehead atoms. The molecule has 1 amide bonds. The van der Waals surface area contributed by atoms with E-state index < -0.39 is 56.7 Å². The number of nitrogens with zero attached hydrogens (tertiary/aromatic N) is 1. The van der Waals surface area contributed by atoms with Crippen molar-refractivity contribution in [2.75, 3.05) is 5.75 Å². The third kappa shape index (κ3) is 6.19. The molecule has 4 atom stereocenters. The van der Waals surface area contributed by atoms with Gasteiger partial charge < -0.3 is 14.7 Å². The van der Waals surface area contributed by atoms with Crippen LogP contribution in [0.25, 0.3) is 0 Å². The molecule has 3 rings (SSSR count). The maximum atomic E-state index is 14.3. The molecule has 0 aromatic heterocycles. The number of morpholine rings is 1. The number of ether oxygens (including phenoxy) is 1. The predicted molar refractivity (Wildman–Crippen MR) is 149 cm³/mol. The topological polar surface area (TPSA) is 101 Å². The van der Waals surface area contributed by atoms with Crippen LogP contribution in [0, 0.1) is 0 Å². The molecule has 10 heteroatoms. The molecule has 38 heavy (non-hydrogen) atoms. The molecule has 0 saturated carbocycles. The summed E-state index contributed by atoms with van der Waals surface area (Å²) in [5, 5.41) is 10.7. The summed E-state index contributed by atoms with van der Waals surface area (Å²) in [5.74, 6) is -2.01. The first-order chi connectivity index (χ1) is 17.7. The Hall–Kier alpha value is -2.13. The molecule has 7 nitrogen and oxygen atoms in total. The average Bonchev–Trinajstić information content (AvgIpc) is 2.83. The van der Waals surface area contributed by atoms with Crippen molar-refractivity contribution in [1.29, 1.82) is 0 Å². The van der Waals surface area contributed by atoms with Crippen molar-refractivity contribution in [3.8, 4) is 0 Å². The summed E-state index contributed by atoms with van der Waals surface area (Å²) in [6, 6.07) is 12.4. The fourth-order valence-corrected chi connectivity index (χ4v) is 6.53. The zero-order chi connectivity index (χ0) is 28.5. The highest BCUT2D eigenvalue weighted by atomic mass is 35.5. The standard InChI is InChI=1S/C28H35Cl2NO6S/c1-6-22(17-38(35,36)27(3,4)5)31-24(18-11-13-20(29)14-12-18)25(19-9-8-10-21(30)15-19)37-28(7-2,26(31)34)16-23(32)33/h8-15,22,24-25H,6-7,16-17H2,1-5H3,(H,32,33)/t22-,24+,25+,28+/m0/s1. The summed E-state index contributed by atoms with van der Waals surface area (Å²) in [4.78, 5) is 27.9. The molecule has 0 spiro atoms. The van der Waals surface area contributed by atoms with Crippen molar-refractivity contribution in [3.05, 3.63) is 69.7 Å². The third-order valence-corrected chi connectivity index (χ3v) is 10.3. The van der Waals surface area contributed by atoms with Crippen molar-refractivity contribution in [3.63, 3.8) is 0 Å². The van der Waals surface area contributed by atoms with E-state index in [1.54, 1.807) is 75.1 Å². The number of hydrogen-bond donors (Lipinski definition) is 1. The largest absolute Gasteiger partial charge is 0.481 e. The Bertz CT molecular complexity index is 1270. The molecule has 1 heterocycles. The number of sulfone groups is 1. The molecule has 1 aliphatic heterocycles. The van der Waals surface area contributed by atoms with E-state index >= 15 is 0 Å². The molecule has 0 unspecified atom stereocenters. The maximum absolute atomic E-state index is 14.3. The van der Waals surface area contributed by atoms with E-state index in [0.29, 0.717) is 27.6 Å². The van der Waals surface area contributed by atoms with E-state index in [4.69, 9.17) is 27.9 Å². The minimum absolute atomic E-state index is 0.0848. The first kappa shape index (κ1) is 30.4. The lowest BCUT2D eigenvalue weighted by atomic mass is 9.84. The third-order valence-electron chi connectivity index (χ3n) is 7.17. The Labute approximate surface area is 235 Å². The number of carboxylic acids is 1. The van der Waals surface area contributed by atoms with Crippen molar-refractivity contribution >= 4 is 44.9 Å². The van der Waals surface area contributed by atoms with Gasteiger partial charge in [0.15, 0.2) is 15.4 Å². The van der Waals surface area contributed by atoms with Gasteiger partial charge in [-0.2, -0.15) is 0 Å². The van der Waals surface area contributed by atoms with Crippen LogP contribution >= 0.6 is 23.2 Å². The van der Waals surface area contributed by atoms with Crippen molar-refractivity contribution in [1.82, 2.24) is 4.90 Å². The van der Waals surface area contributed by atoms with Crippen molar-refractivity contribution in [2.45, 2.75) is 82.4 Å². The first-order valence-corrected chi connectivity index (χ1v) is 15.0. The van der Waals surface area contributed by atoms with Crippen LogP contribution in [-0.4, -0.2) is 52.4 Å². The Morgan fingerprint density at radius 3 is 2.21 bits per heavy atom. The monoisotopic (exact) mass is 583 g/mol. The highest BCUT2D eigenvalue weighted by Gasteiger charge is 2.55. The average molecular weight is 585 g/mol. The van der Waals surface area contributed by atoms with E-state index in [9.17, 15) is 23.1 Å². The van der Waals surface area contributed by atoms with Gasteiger partial charge in [-0.1, -0.05) is 61.3 Å². The van der Waals surface area contributed by atoms with Gasteiger partial charge in [-0.25, -0.2) is 8.42 Å². The zero-order valence-corrected chi connectivity index (χ0v) is 24.6. The van der Waals surface area contributed by atoms with Gasteiger partial charge >= 0.3 is 5.97 Å². The summed E-state index contributed by atoms with van der Waals surface area (Å²) < 4.78 is 32.2. The highest BCUT2D eigenvalue weighted by Crippen LogP contribution is 2.49. The summed E-state index contributed by atoms with van der Waals surface area (Å²) >= 11 is 12.5. The molecule has 2 aromatic rings. The molecule has 1 aliphatic rings. The van der Waals surface area contributed by atoms with Gasteiger partial charge in [-0.05, 0) is 69.0 Å². The van der Waals surface area contributed by atoms with Crippen LogP contribution in [0.2, 0.25) is 10.0 Å². The number of carboxylic acid groups (broad SMARTS) is 1. The molecular weight excluding hydrogens is 549 g/mol. The van der Waals surface area contributed by atoms with Gasteiger partial charge in [0.1, 0.15) is 6.10 Å². The van der Waals surface area contributed by atoms with Crippen molar-refractivity contribution in [2.24, 2.45) is 0 Å². The molecule has 208 valence electrons. The number of carbonyl (C=O) groups excluding carboxylic acids is 1. The van der Waals surface area contributed by atoms with Crippen LogP contribution in [0.1, 0.15) is 77.2 Å². The second kappa shape index (κ2) is 11.5. The SMILES string of the molecule is CC[C@@H](CS(=O)(=O)C(C)(C)C)N1C(=O)[C@@](CC)(CC(=O)O)O[C@H](c2cccc(Cl)c2)[C@H]1c1ccc(Cl)cc1. The Balaban J connectivity index is 2.31. The molecule has 1 fully saturated rings. The summed E-state index contributed by atoms with van der Waals surface area (Å²) in [6.07, 6.45) is -0.966. The Morgan fingerprint density at radius 1 is 1.08 bits per heavy atom. The summed E-state index contributed by atoms with van der Waals surface area (Å²) in [7, 11) is -3.64. The fourth-order valence-electron chi connectivity index (χ4n) is 4.81. The quantitative estimate of drug-likeness (QED) is 0.374. The van der Waals surface area contributed by atoms with Crippen LogP contribution in [-0.2, 0) is 24.2 Å². The normalized spacial score (nSPS) is 23.3. The van der Waals surface area contributed by atoms with E-state index in [2.05, 4.69) is 0 Å². The van der Waals surface area contributed by atoms with Crippen LogP contribution in [0.5, 0.6) is 0 Å². The second-order valence-corrected chi connectivity index (χ2v) is 14.3. The number of halogens is 2. The van der Waals surface area contributed by atoms with Crippen molar-refractivity contribution < 1.29 is 27.9 Å². The smallest absolute Gasteiger partial charge is 0.306 e. The van der Waals surface area contributed by atoms with Gasteiger partial charge in [0, 0.05) is 16.1 Å². The van der Waals surface area contributed by atoms with Gasteiger partial charge in [0.25, 0.3) is 5.91 Å². The highest BCUT2D eigenvalue weighted by molar-refractivity contribution is 7.92. The number of carbonyl (C=O) groups is 2. The fraction of sp³-hybridized carbons (Fsp3) is 0.500. The number of hydrogen-bond acceptors (Lipinski definition) is 5. The van der Waals surface area contributed by atoms with Gasteiger partial charge in [0.05, 0.1) is 23.0 Å². The number of aliphatic carboxylic acids is 1. The zero-order valence-electron chi connectivity index (χ0n) is 22.3. The summed E-state index contributed by atoms with van der Waals surface area (Å²) in [5.41, 5.74) is -0.369. The molecule has 1 N–H and O–H groups in total. The lowest BCUT2D eigenvalue weighted by molar-refractivity contribution is -0.210. The molecule has 0 aliphatic carbocycles. The van der Waals surface area contributed by atoms with Crippen LogP contribution in [0.15, 0.2) is 48.5 Å². The number of benzene rings is 2. The molecule has 1 saturated heterocycles. The van der Waals surface area contributed by atoms with Crippen LogP contribution in [0.4, 0.5) is 0 Å². The van der Waals surface area contributed by atoms with Gasteiger partial charge in [0.2, 0.25) is 0 Å². The lowest BCUT2D eigenvalue weighted by Crippen LogP contribution is -2.62. The van der Waals surface area contributed by atoms with E-state index in [-0.39, 0.29) is 12.2 Å². The van der Waals surface area contributed by atoms with E-state index in [1.807, 2.05) is 13.0 Å². The van der Waals surface area contributed by atoms with E-state index in [1.165, 1.54) is 0 Å². The van der Waals surface area contributed by atoms with Crippen LogP contribution < -0.4 is 0 Å². The Kier molecular flexibility index (Phi) is 9.24. The Morgan fingerprint density at radius 2 is 1.71 bits per heavy atom. The second-order valence-electron chi connectivity index (χ2n) is 10.7. The minimum atomic E-state index is -3.64. The van der Waals surface area contributed by atoms with Crippen LogP contribution in [0.3, 0.4) is 0 Å².